The van der Waals surface area contributed by atoms with Gasteiger partial charge in [-0.1, -0.05) is 96.8 Å². The second-order valence-electron chi connectivity index (χ2n) is 7.47. The van der Waals surface area contributed by atoms with Crippen molar-refractivity contribution >= 4 is 5.97 Å². The molecule has 4 nitrogen and oxygen atoms in total. The standard InChI is InChI=1S/C20H42N2O2/c1-2-3-4-5-6-7-8-9-10-11-12-13-14-15-17-20(21,22)18-16-19(23)24/h2-18,21-22H2,1H3,(H,23,24). The lowest BCUT2D eigenvalue weighted by molar-refractivity contribution is -0.137. The molecule has 0 aliphatic carbocycles. The fourth-order valence-electron chi connectivity index (χ4n) is 3.11. The fourth-order valence-corrected chi connectivity index (χ4v) is 3.11. The summed E-state index contributed by atoms with van der Waals surface area (Å²) in [5, 5.41) is 8.66. The van der Waals surface area contributed by atoms with E-state index in [4.69, 9.17) is 16.6 Å². The molecule has 144 valence electrons. The first kappa shape index (κ1) is 23.4. The molecule has 0 aromatic rings. The summed E-state index contributed by atoms with van der Waals surface area (Å²) in [4.78, 5) is 10.5. The summed E-state index contributed by atoms with van der Waals surface area (Å²) in [6.07, 6.45) is 19.7. The number of nitrogens with two attached hydrogens (primary N) is 2. The molecule has 0 saturated heterocycles. The zero-order valence-electron chi connectivity index (χ0n) is 16.0. The minimum atomic E-state index is -0.823. The van der Waals surface area contributed by atoms with Gasteiger partial charge in [-0.2, -0.15) is 0 Å². The molecule has 0 rings (SSSR count). The molecule has 0 aromatic carbocycles. The van der Waals surface area contributed by atoms with Gasteiger partial charge in [0.15, 0.2) is 0 Å². The molecule has 0 aromatic heterocycles. The topological polar surface area (TPSA) is 89.3 Å². The number of unbranched alkanes of at least 4 members (excludes halogenated alkanes) is 13. The number of carboxylic acids is 1. The van der Waals surface area contributed by atoms with E-state index in [1.54, 1.807) is 0 Å². The third-order valence-corrected chi connectivity index (χ3v) is 4.80. The van der Waals surface area contributed by atoms with Gasteiger partial charge < -0.3 is 16.6 Å². The average molecular weight is 343 g/mol. The first-order valence-electron chi connectivity index (χ1n) is 10.3. The van der Waals surface area contributed by atoms with Crippen molar-refractivity contribution in [2.75, 3.05) is 0 Å². The molecule has 4 heteroatoms. The van der Waals surface area contributed by atoms with Crippen molar-refractivity contribution in [3.63, 3.8) is 0 Å². The van der Waals surface area contributed by atoms with Gasteiger partial charge in [-0.3, -0.25) is 4.79 Å². The summed E-state index contributed by atoms with van der Waals surface area (Å²) in [6, 6.07) is 0. The highest BCUT2D eigenvalue weighted by Crippen LogP contribution is 2.16. The molecule has 24 heavy (non-hydrogen) atoms. The van der Waals surface area contributed by atoms with E-state index < -0.39 is 11.6 Å². The Bertz CT molecular complexity index is 293. The Morgan fingerprint density at radius 2 is 1.08 bits per heavy atom. The van der Waals surface area contributed by atoms with Crippen molar-refractivity contribution in [1.82, 2.24) is 0 Å². The predicted molar refractivity (Wildman–Crippen MR) is 103 cm³/mol. The molecule has 0 aliphatic rings. The normalized spacial score (nSPS) is 11.8. The van der Waals surface area contributed by atoms with E-state index in [2.05, 4.69) is 6.92 Å². The van der Waals surface area contributed by atoms with Crippen LogP contribution in [0, 0.1) is 0 Å². The van der Waals surface area contributed by atoms with Crippen molar-refractivity contribution in [3.8, 4) is 0 Å². The Morgan fingerprint density at radius 1 is 0.708 bits per heavy atom. The second-order valence-corrected chi connectivity index (χ2v) is 7.47. The van der Waals surface area contributed by atoms with Crippen LogP contribution in [0.4, 0.5) is 0 Å². The Morgan fingerprint density at radius 3 is 1.46 bits per heavy atom. The lowest BCUT2D eigenvalue weighted by Gasteiger charge is -2.23. The first-order valence-corrected chi connectivity index (χ1v) is 10.3. The van der Waals surface area contributed by atoms with Crippen LogP contribution in [-0.4, -0.2) is 16.7 Å². The van der Waals surface area contributed by atoms with Crippen LogP contribution in [0.25, 0.3) is 0 Å². The van der Waals surface area contributed by atoms with E-state index in [1.807, 2.05) is 0 Å². The third-order valence-electron chi connectivity index (χ3n) is 4.80. The molecule has 0 fully saturated rings. The van der Waals surface area contributed by atoms with E-state index in [1.165, 1.54) is 77.0 Å². The highest BCUT2D eigenvalue weighted by atomic mass is 16.4. The monoisotopic (exact) mass is 342 g/mol. The molecular weight excluding hydrogens is 300 g/mol. The molecule has 0 heterocycles. The van der Waals surface area contributed by atoms with Gasteiger partial charge in [-0.05, 0) is 12.8 Å². The van der Waals surface area contributed by atoms with Crippen molar-refractivity contribution in [2.45, 2.75) is 122 Å². The molecule has 0 unspecified atom stereocenters. The summed E-state index contributed by atoms with van der Waals surface area (Å²) in [7, 11) is 0. The molecule has 0 radical (unpaired) electrons. The highest BCUT2D eigenvalue weighted by molar-refractivity contribution is 5.66. The van der Waals surface area contributed by atoms with Crippen molar-refractivity contribution in [3.05, 3.63) is 0 Å². The van der Waals surface area contributed by atoms with Gasteiger partial charge in [0.2, 0.25) is 0 Å². The maximum atomic E-state index is 10.5. The summed E-state index contributed by atoms with van der Waals surface area (Å²) >= 11 is 0. The number of carboxylic acid groups (broad SMARTS) is 1. The predicted octanol–water partition coefficient (Wildman–Crippen LogP) is 5.34. The van der Waals surface area contributed by atoms with Crippen LogP contribution >= 0.6 is 0 Å². The van der Waals surface area contributed by atoms with E-state index in [0.717, 1.165) is 19.3 Å². The highest BCUT2D eigenvalue weighted by Gasteiger charge is 2.19. The van der Waals surface area contributed by atoms with Gasteiger partial charge in [0.05, 0.1) is 5.66 Å². The van der Waals surface area contributed by atoms with Gasteiger partial charge in [0.25, 0.3) is 0 Å². The van der Waals surface area contributed by atoms with Crippen LogP contribution < -0.4 is 11.5 Å². The maximum Gasteiger partial charge on any atom is 0.303 e. The number of carbonyl (C=O) groups is 1. The van der Waals surface area contributed by atoms with Crippen molar-refractivity contribution < 1.29 is 9.90 Å². The molecule has 0 aliphatic heterocycles. The van der Waals surface area contributed by atoms with E-state index in [0.29, 0.717) is 6.42 Å². The van der Waals surface area contributed by atoms with Crippen LogP contribution in [0.2, 0.25) is 0 Å². The largest absolute Gasteiger partial charge is 0.481 e. The smallest absolute Gasteiger partial charge is 0.303 e. The summed E-state index contributed by atoms with van der Waals surface area (Å²) < 4.78 is 0. The molecule has 0 saturated carbocycles. The van der Waals surface area contributed by atoms with E-state index in [-0.39, 0.29) is 6.42 Å². The minimum Gasteiger partial charge on any atom is -0.481 e. The van der Waals surface area contributed by atoms with Crippen LogP contribution in [0.5, 0.6) is 0 Å². The zero-order valence-corrected chi connectivity index (χ0v) is 16.0. The number of rotatable bonds is 18. The van der Waals surface area contributed by atoms with Crippen molar-refractivity contribution in [2.24, 2.45) is 11.5 Å². The molecule has 0 bridgehead atoms. The van der Waals surface area contributed by atoms with Gasteiger partial charge in [0.1, 0.15) is 0 Å². The second kappa shape index (κ2) is 15.9. The van der Waals surface area contributed by atoms with Gasteiger partial charge in [0, 0.05) is 6.42 Å². The number of aliphatic carboxylic acids is 1. The zero-order chi connectivity index (χ0) is 18.1. The van der Waals surface area contributed by atoms with E-state index >= 15 is 0 Å². The SMILES string of the molecule is CCCCCCCCCCCCCCCCC(N)(N)CCC(=O)O. The molecule has 0 amide bonds. The Labute approximate surface area is 149 Å². The van der Waals surface area contributed by atoms with Gasteiger partial charge in [-0.15, -0.1) is 0 Å². The summed E-state index contributed by atoms with van der Waals surface area (Å²) in [5.74, 6) is -0.823. The lowest BCUT2D eigenvalue weighted by atomic mass is 9.97. The van der Waals surface area contributed by atoms with Gasteiger partial charge >= 0.3 is 5.97 Å². The Kier molecular flexibility index (Phi) is 15.5. The Hall–Kier alpha value is -0.610. The molecule has 0 atom stereocenters. The van der Waals surface area contributed by atoms with Crippen LogP contribution in [0.15, 0.2) is 0 Å². The summed E-state index contributed by atoms with van der Waals surface area (Å²) in [5.41, 5.74) is 11.0. The van der Waals surface area contributed by atoms with E-state index in [9.17, 15) is 4.79 Å². The lowest BCUT2D eigenvalue weighted by Crippen LogP contribution is -2.49. The van der Waals surface area contributed by atoms with Gasteiger partial charge in [-0.25, -0.2) is 0 Å². The third kappa shape index (κ3) is 17.7. The minimum absolute atomic E-state index is 0.0611. The Balaban J connectivity index is 3.23. The molecule has 0 spiro atoms. The molecular formula is C20H42N2O2. The maximum absolute atomic E-state index is 10.5. The number of hydrogen-bond acceptors (Lipinski definition) is 3. The fraction of sp³-hybridized carbons (Fsp3) is 0.950. The first-order chi connectivity index (χ1) is 11.5. The average Bonchev–Trinajstić information content (AvgIpc) is 2.53. The van der Waals surface area contributed by atoms with Crippen LogP contribution in [-0.2, 0) is 4.79 Å². The van der Waals surface area contributed by atoms with Crippen LogP contribution in [0.3, 0.4) is 0 Å². The molecule has 5 N–H and O–H groups in total. The quantitative estimate of drug-likeness (QED) is 0.232. The summed E-state index contributed by atoms with van der Waals surface area (Å²) in [6.45, 7) is 2.27. The number of hydrogen-bond donors (Lipinski definition) is 3. The van der Waals surface area contributed by atoms with Crippen LogP contribution in [0.1, 0.15) is 116 Å². The van der Waals surface area contributed by atoms with Crippen molar-refractivity contribution in [1.29, 1.82) is 0 Å².